The van der Waals surface area contributed by atoms with E-state index in [1.54, 1.807) is 18.3 Å². The Morgan fingerprint density at radius 3 is 2.25 bits per heavy atom. The van der Waals surface area contributed by atoms with E-state index < -0.39 is 11.6 Å². The Morgan fingerprint density at radius 2 is 1.66 bits per heavy atom. The first-order valence-corrected chi connectivity index (χ1v) is 11.5. The highest BCUT2D eigenvalue weighted by molar-refractivity contribution is 5.79. The number of amides is 1. The zero-order valence-corrected chi connectivity index (χ0v) is 18.8. The van der Waals surface area contributed by atoms with Crippen LogP contribution in [-0.2, 0) is 4.79 Å². The lowest BCUT2D eigenvalue weighted by Crippen LogP contribution is -2.52. The van der Waals surface area contributed by atoms with E-state index in [-0.39, 0.29) is 12.0 Å². The third kappa shape index (κ3) is 5.26. The number of nitrogens with zero attached hydrogens (tertiary/aromatic N) is 3. The van der Waals surface area contributed by atoms with Gasteiger partial charge in [0.25, 0.3) is 0 Å². The molecule has 1 aromatic carbocycles. The van der Waals surface area contributed by atoms with Crippen molar-refractivity contribution in [3.63, 3.8) is 0 Å². The molecular formula is C25H31F2N3O2. The number of aromatic nitrogens is 1. The van der Waals surface area contributed by atoms with Crippen molar-refractivity contribution < 1.29 is 18.3 Å². The van der Waals surface area contributed by atoms with Crippen molar-refractivity contribution in [2.75, 3.05) is 26.2 Å². The second kappa shape index (κ2) is 9.94. The maximum Gasteiger partial charge on any atom is 0.225 e. The van der Waals surface area contributed by atoms with Crippen LogP contribution in [0.15, 0.2) is 36.5 Å². The molecule has 2 aromatic rings. The van der Waals surface area contributed by atoms with Gasteiger partial charge in [-0.25, -0.2) is 13.8 Å². The Labute approximate surface area is 188 Å². The number of carbonyl (C=O) groups is 1. The SMILES string of the molecule is CC(C)N1CCN(C(=O)[C@H]2CC[C@H](Oc3ccc(-c4ccc(F)c(F)c4)cn3)CC2)CC1. The smallest absolute Gasteiger partial charge is 0.225 e. The number of carbonyl (C=O) groups excluding carboxylic acids is 1. The summed E-state index contributed by atoms with van der Waals surface area (Å²) < 4.78 is 32.6. The van der Waals surface area contributed by atoms with E-state index in [1.807, 2.05) is 4.90 Å². The van der Waals surface area contributed by atoms with E-state index in [0.29, 0.717) is 29.0 Å². The molecule has 2 aliphatic rings. The van der Waals surface area contributed by atoms with Crippen LogP contribution in [0, 0.1) is 17.6 Å². The Morgan fingerprint density at radius 1 is 0.969 bits per heavy atom. The molecule has 1 aliphatic heterocycles. The van der Waals surface area contributed by atoms with Crippen LogP contribution in [0.1, 0.15) is 39.5 Å². The monoisotopic (exact) mass is 443 g/mol. The molecule has 4 rings (SSSR count). The molecule has 7 heteroatoms. The minimum atomic E-state index is -0.879. The average Bonchev–Trinajstić information content (AvgIpc) is 2.81. The quantitative estimate of drug-likeness (QED) is 0.682. The fraction of sp³-hybridized carbons (Fsp3) is 0.520. The van der Waals surface area contributed by atoms with E-state index in [4.69, 9.17) is 4.74 Å². The Kier molecular flexibility index (Phi) is 7.04. The van der Waals surface area contributed by atoms with Gasteiger partial charge in [-0.3, -0.25) is 9.69 Å². The van der Waals surface area contributed by atoms with Crippen LogP contribution in [0.25, 0.3) is 11.1 Å². The summed E-state index contributed by atoms with van der Waals surface area (Å²) in [5, 5.41) is 0. The van der Waals surface area contributed by atoms with Gasteiger partial charge in [0.2, 0.25) is 11.8 Å². The number of hydrogen-bond acceptors (Lipinski definition) is 4. The minimum absolute atomic E-state index is 0.0402. The van der Waals surface area contributed by atoms with Crippen molar-refractivity contribution in [1.29, 1.82) is 0 Å². The van der Waals surface area contributed by atoms with Gasteiger partial charge in [0, 0.05) is 56.0 Å². The number of rotatable bonds is 5. The molecule has 5 nitrogen and oxygen atoms in total. The average molecular weight is 444 g/mol. The van der Waals surface area contributed by atoms with Crippen LogP contribution in [0.3, 0.4) is 0 Å². The first kappa shape index (κ1) is 22.6. The second-order valence-electron chi connectivity index (χ2n) is 9.06. The van der Waals surface area contributed by atoms with Crippen molar-refractivity contribution >= 4 is 5.91 Å². The zero-order valence-electron chi connectivity index (χ0n) is 18.8. The summed E-state index contributed by atoms with van der Waals surface area (Å²) in [5.41, 5.74) is 1.26. The van der Waals surface area contributed by atoms with E-state index in [1.165, 1.54) is 6.07 Å². The van der Waals surface area contributed by atoms with Crippen LogP contribution < -0.4 is 4.74 Å². The maximum absolute atomic E-state index is 13.5. The molecule has 1 aliphatic carbocycles. The maximum atomic E-state index is 13.5. The predicted molar refractivity (Wildman–Crippen MR) is 119 cm³/mol. The molecule has 1 amide bonds. The fourth-order valence-electron chi connectivity index (χ4n) is 4.61. The molecule has 172 valence electrons. The summed E-state index contributed by atoms with van der Waals surface area (Å²) in [6, 6.07) is 7.87. The standard InChI is InChI=1S/C25H31F2N3O2/c1-17(2)29-11-13-30(14-12-29)25(31)18-3-7-21(8-4-18)32-24-10-6-20(16-28-24)19-5-9-22(26)23(27)15-19/h5-6,9-10,15-18,21H,3-4,7-8,11-14H2,1-2H3/t18-,21-. The first-order chi connectivity index (χ1) is 15.4. The lowest BCUT2D eigenvalue weighted by Gasteiger charge is -2.39. The second-order valence-corrected chi connectivity index (χ2v) is 9.06. The van der Waals surface area contributed by atoms with Gasteiger partial charge in [-0.05, 0) is 63.3 Å². The molecule has 2 heterocycles. The van der Waals surface area contributed by atoms with Gasteiger partial charge in [-0.15, -0.1) is 0 Å². The summed E-state index contributed by atoms with van der Waals surface area (Å²) >= 11 is 0. The third-order valence-corrected chi connectivity index (χ3v) is 6.66. The van der Waals surface area contributed by atoms with E-state index >= 15 is 0 Å². The molecule has 1 saturated carbocycles. The number of piperazine rings is 1. The molecule has 2 fully saturated rings. The summed E-state index contributed by atoms with van der Waals surface area (Å²) in [6.07, 6.45) is 4.97. The number of ether oxygens (including phenoxy) is 1. The summed E-state index contributed by atoms with van der Waals surface area (Å²) in [6.45, 7) is 7.94. The molecule has 0 N–H and O–H groups in total. The first-order valence-electron chi connectivity index (χ1n) is 11.5. The lowest BCUT2D eigenvalue weighted by atomic mass is 9.86. The number of benzene rings is 1. The normalized spacial score (nSPS) is 22.2. The summed E-state index contributed by atoms with van der Waals surface area (Å²) in [4.78, 5) is 21.7. The summed E-state index contributed by atoms with van der Waals surface area (Å²) in [7, 11) is 0. The van der Waals surface area contributed by atoms with Crippen LogP contribution in [0.2, 0.25) is 0 Å². The van der Waals surface area contributed by atoms with Crippen molar-refractivity contribution in [2.45, 2.75) is 51.7 Å². The highest BCUT2D eigenvalue weighted by Crippen LogP contribution is 2.30. The highest BCUT2D eigenvalue weighted by atomic mass is 19.2. The number of halogens is 2. The topological polar surface area (TPSA) is 45.7 Å². The molecule has 32 heavy (non-hydrogen) atoms. The highest BCUT2D eigenvalue weighted by Gasteiger charge is 2.32. The van der Waals surface area contributed by atoms with Gasteiger partial charge in [-0.1, -0.05) is 6.07 Å². The van der Waals surface area contributed by atoms with E-state index in [0.717, 1.165) is 64.0 Å². The van der Waals surface area contributed by atoms with E-state index in [2.05, 4.69) is 23.7 Å². The van der Waals surface area contributed by atoms with Crippen molar-refractivity contribution in [3.8, 4) is 17.0 Å². The van der Waals surface area contributed by atoms with Gasteiger partial charge in [-0.2, -0.15) is 0 Å². The number of hydrogen-bond donors (Lipinski definition) is 0. The Bertz CT molecular complexity index is 919. The van der Waals surface area contributed by atoms with Crippen LogP contribution in [0.5, 0.6) is 5.88 Å². The molecule has 0 radical (unpaired) electrons. The van der Waals surface area contributed by atoms with Crippen LogP contribution >= 0.6 is 0 Å². The van der Waals surface area contributed by atoms with Gasteiger partial charge in [0.05, 0.1) is 0 Å². The van der Waals surface area contributed by atoms with Gasteiger partial charge < -0.3 is 9.64 Å². The molecule has 0 bridgehead atoms. The molecule has 0 unspecified atom stereocenters. The van der Waals surface area contributed by atoms with Crippen molar-refractivity contribution in [2.24, 2.45) is 5.92 Å². The van der Waals surface area contributed by atoms with E-state index in [9.17, 15) is 13.6 Å². The molecule has 1 aromatic heterocycles. The van der Waals surface area contributed by atoms with Crippen molar-refractivity contribution in [1.82, 2.24) is 14.8 Å². The third-order valence-electron chi connectivity index (χ3n) is 6.66. The molecule has 0 atom stereocenters. The molecule has 1 saturated heterocycles. The van der Waals surface area contributed by atoms with Crippen molar-refractivity contribution in [3.05, 3.63) is 48.2 Å². The summed E-state index contributed by atoms with van der Waals surface area (Å²) in [5.74, 6) is -0.856. The van der Waals surface area contributed by atoms with Gasteiger partial charge in [0.15, 0.2) is 11.6 Å². The predicted octanol–water partition coefficient (Wildman–Crippen LogP) is 4.52. The largest absolute Gasteiger partial charge is 0.474 e. The minimum Gasteiger partial charge on any atom is -0.474 e. The molecular weight excluding hydrogens is 412 g/mol. The van der Waals surface area contributed by atoms with Gasteiger partial charge >= 0.3 is 0 Å². The number of pyridine rings is 1. The lowest BCUT2D eigenvalue weighted by molar-refractivity contribution is -0.139. The zero-order chi connectivity index (χ0) is 22.7. The fourth-order valence-corrected chi connectivity index (χ4v) is 4.61. The van der Waals surface area contributed by atoms with Crippen LogP contribution in [-0.4, -0.2) is 59.0 Å². The Hall–Kier alpha value is -2.54. The van der Waals surface area contributed by atoms with Gasteiger partial charge in [0.1, 0.15) is 6.10 Å². The van der Waals surface area contributed by atoms with Crippen LogP contribution in [0.4, 0.5) is 8.78 Å². The Balaban J connectivity index is 1.26. The molecule has 0 spiro atoms.